The number of carbonyl (C=O) groups excluding carboxylic acids is 2. The van der Waals surface area contributed by atoms with Crippen LogP contribution in [-0.4, -0.2) is 11.7 Å². The molecule has 5 heteroatoms. The van der Waals surface area contributed by atoms with Crippen LogP contribution in [0.25, 0.3) is 6.08 Å². The van der Waals surface area contributed by atoms with E-state index in [0.717, 1.165) is 16.6 Å². The first-order valence-electron chi connectivity index (χ1n) is 8.91. The van der Waals surface area contributed by atoms with Gasteiger partial charge in [-0.05, 0) is 73.6 Å². The molecule has 3 nitrogen and oxygen atoms in total. The van der Waals surface area contributed by atoms with Gasteiger partial charge in [0.15, 0.2) is 5.78 Å². The number of carbonyl (C=O) groups is 2. The first-order valence-corrected chi connectivity index (χ1v) is 10.7. The van der Waals surface area contributed by atoms with Crippen LogP contribution >= 0.6 is 23.1 Å². The number of Topliss-reactive ketones (excluding diaryl/α,β-unsaturated/α-hetero) is 1. The quantitative estimate of drug-likeness (QED) is 0.732. The fraction of sp³-hybridized carbons (Fsp3) is 0.333. The van der Waals surface area contributed by atoms with Crippen molar-refractivity contribution < 1.29 is 9.59 Å². The molecule has 2 aliphatic rings. The normalized spacial score (nSPS) is 18.5. The lowest BCUT2D eigenvalue weighted by molar-refractivity contribution is -0.112. The second-order valence-corrected chi connectivity index (χ2v) is 9.23. The molecule has 0 fully saturated rings. The van der Waals surface area contributed by atoms with Crippen LogP contribution < -0.4 is 5.32 Å². The molecule has 0 bridgehead atoms. The molecule has 134 valence electrons. The van der Waals surface area contributed by atoms with E-state index in [9.17, 15) is 9.59 Å². The van der Waals surface area contributed by atoms with Gasteiger partial charge in [-0.15, -0.1) is 23.1 Å². The Labute approximate surface area is 161 Å². The number of hydrogen-bond donors (Lipinski definition) is 1. The number of thiophene rings is 1. The van der Waals surface area contributed by atoms with Gasteiger partial charge in [-0.1, -0.05) is 6.92 Å². The number of anilines is 1. The molecule has 0 saturated carbocycles. The van der Waals surface area contributed by atoms with E-state index in [2.05, 4.69) is 18.3 Å². The van der Waals surface area contributed by atoms with Crippen molar-refractivity contribution in [3.63, 3.8) is 0 Å². The summed E-state index contributed by atoms with van der Waals surface area (Å²) in [5.41, 5.74) is 4.36. The van der Waals surface area contributed by atoms with Crippen LogP contribution in [-0.2, 0) is 23.4 Å². The highest BCUT2D eigenvalue weighted by molar-refractivity contribution is 8.03. The summed E-state index contributed by atoms with van der Waals surface area (Å²) in [5, 5.41) is 2.94. The summed E-state index contributed by atoms with van der Waals surface area (Å²) in [5.74, 6) is 1.60. The smallest absolute Gasteiger partial charge is 0.262 e. The summed E-state index contributed by atoms with van der Waals surface area (Å²) in [6.45, 7) is 3.86. The van der Waals surface area contributed by atoms with E-state index >= 15 is 0 Å². The van der Waals surface area contributed by atoms with E-state index < -0.39 is 0 Å². The van der Waals surface area contributed by atoms with Gasteiger partial charge in [-0.3, -0.25) is 9.59 Å². The summed E-state index contributed by atoms with van der Waals surface area (Å²) in [4.78, 5) is 27.5. The summed E-state index contributed by atoms with van der Waals surface area (Å²) in [6, 6.07) is 7.04. The molecule has 1 amide bonds. The number of hydrogen-bond acceptors (Lipinski definition) is 4. The van der Waals surface area contributed by atoms with Gasteiger partial charge < -0.3 is 5.32 Å². The maximum absolute atomic E-state index is 12.6. The fourth-order valence-corrected chi connectivity index (χ4v) is 6.19. The average Bonchev–Trinajstić information content (AvgIpc) is 2.98. The van der Waals surface area contributed by atoms with Crippen molar-refractivity contribution >= 4 is 46.6 Å². The molecule has 1 aromatic carbocycles. The van der Waals surface area contributed by atoms with Gasteiger partial charge in [-0.2, -0.15) is 0 Å². The van der Waals surface area contributed by atoms with Crippen LogP contribution in [0.15, 0.2) is 29.2 Å². The molecular formula is C21H21NO2S2. The van der Waals surface area contributed by atoms with Crippen LogP contribution in [0.5, 0.6) is 0 Å². The Hall–Kier alpha value is -1.85. The number of benzene rings is 1. The standard InChI is InChI=1S/C21H21NO2S2/c1-12-3-8-16-17-11-25-20(10-19(17)26-18(16)9-12)21(24)22-15-6-4-14(5-7-15)13(2)23/h4-7,10,12H,3,8-9,11H2,1-2H3,(H,22,24)/t12-/m1/s1. The summed E-state index contributed by atoms with van der Waals surface area (Å²) >= 11 is 3.49. The van der Waals surface area contributed by atoms with Crippen molar-refractivity contribution in [2.75, 3.05) is 5.32 Å². The molecular weight excluding hydrogens is 362 g/mol. The Balaban J connectivity index is 1.52. The third-order valence-electron chi connectivity index (χ3n) is 5.06. The first kappa shape index (κ1) is 17.6. The maximum Gasteiger partial charge on any atom is 0.262 e. The third kappa shape index (κ3) is 3.38. The predicted molar refractivity (Wildman–Crippen MR) is 110 cm³/mol. The van der Waals surface area contributed by atoms with E-state index in [1.54, 1.807) is 41.6 Å². The Morgan fingerprint density at radius 2 is 1.92 bits per heavy atom. The van der Waals surface area contributed by atoms with Gasteiger partial charge in [0.05, 0.1) is 4.91 Å². The molecule has 0 unspecified atom stereocenters. The zero-order valence-electron chi connectivity index (χ0n) is 14.9. The number of fused-ring (bicyclic) bond motifs is 3. The van der Waals surface area contributed by atoms with Gasteiger partial charge in [0.25, 0.3) is 5.91 Å². The number of nitrogens with one attached hydrogen (secondary N) is 1. The summed E-state index contributed by atoms with van der Waals surface area (Å²) in [6.07, 6.45) is 5.68. The van der Waals surface area contributed by atoms with E-state index in [0.29, 0.717) is 11.3 Å². The van der Waals surface area contributed by atoms with Crippen molar-refractivity contribution in [1.29, 1.82) is 0 Å². The lowest BCUT2D eigenvalue weighted by atomic mass is 9.88. The van der Waals surface area contributed by atoms with Gasteiger partial charge in [0.1, 0.15) is 0 Å². The second kappa shape index (κ2) is 7.05. The molecule has 1 aliphatic heterocycles. The number of amides is 1. The molecule has 0 radical (unpaired) electrons. The van der Waals surface area contributed by atoms with E-state index in [1.165, 1.54) is 41.5 Å². The largest absolute Gasteiger partial charge is 0.322 e. The monoisotopic (exact) mass is 383 g/mol. The highest BCUT2D eigenvalue weighted by atomic mass is 32.2. The third-order valence-corrected chi connectivity index (χ3v) is 7.35. The average molecular weight is 384 g/mol. The molecule has 1 atom stereocenters. The van der Waals surface area contributed by atoms with Gasteiger partial charge in [-0.25, -0.2) is 0 Å². The van der Waals surface area contributed by atoms with E-state index in [4.69, 9.17) is 0 Å². The minimum absolute atomic E-state index is 0.0249. The van der Waals surface area contributed by atoms with Crippen molar-refractivity contribution in [2.45, 2.75) is 38.9 Å². The second-order valence-electron chi connectivity index (χ2n) is 7.08. The zero-order valence-corrected chi connectivity index (χ0v) is 16.6. The van der Waals surface area contributed by atoms with Crippen LogP contribution in [0.2, 0.25) is 0 Å². The SMILES string of the molecule is CC(=O)c1ccc(NC(=O)C2=Cc3sc4c(c3CS2)CC[C@@H](C)C4)cc1. The topological polar surface area (TPSA) is 46.2 Å². The van der Waals surface area contributed by atoms with Crippen molar-refractivity contribution in [1.82, 2.24) is 0 Å². The Kier molecular flexibility index (Phi) is 4.76. The number of ketones is 1. The Morgan fingerprint density at radius 1 is 1.15 bits per heavy atom. The zero-order chi connectivity index (χ0) is 18.3. The molecule has 1 aliphatic carbocycles. The summed E-state index contributed by atoms with van der Waals surface area (Å²) in [7, 11) is 0. The fourth-order valence-electron chi connectivity index (χ4n) is 3.53. The maximum atomic E-state index is 12.6. The molecule has 0 spiro atoms. The Morgan fingerprint density at radius 3 is 2.65 bits per heavy atom. The molecule has 2 aromatic rings. The highest BCUT2D eigenvalue weighted by Gasteiger charge is 2.26. The van der Waals surface area contributed by atoms with Gasteiger partial charge in [0, 0.05) is 26.8 Å². The predicted octanol–water partition coefficient (Wildman–Crippen LogP) is 5.30. The minimum atomic E-state index is -0.0732. The first-order chi connectivity index (χ1) is 12.5. The minimum Gasteiger partial charge on any atom is -0.322 e. The lowest BCUT2D eigenvalue weighted by Gasteiger charge is -2.19. The molecule has 26 heavy (non-hydrogen) atoms. The molecule has 2 heterocycles. The van der Waals surface area contributed by atoms with Gasteiger partial charge >= 0.3 is 0 Å². The van der Waals surface area contributed by atoms with E-state index in [1.807, 2.05) is 11.3 Å². The molecule has 0 saturated heterocycles. The van der Waals surface area contributed by atoms with Crippen LogP contribution in [0.3, 0.4) is 0 Å². The van der Waals surface area contributed by atoms with Crippen molar-refractivity contribution in [2.24, 2.45) is 5.92 Å². The highest BCUT2D eigenvalue weighted by Crippen LogP contribution is 2.43. The van der Waals surface area contributed by atoms with E-state index in [-0.39, 0.29) is 11.7 Å². The van der Waals surface area contributed by atoms with Crippen molar-refractivity contribution in [3.8, 4) is 0 Å². The molecule has 4 rings (SSSR count). The lowest BCUT2D eigenvalue weighted by Crippen LogP contribution is -2.14. The van der Waals surface area contributed by atoms with Gasteiger partial charge in [0.2, 0.25) is 0 Å². The van der Waals surface area contributed by atoms with Crippen molar-refractivity contribution in [3.05, 3.63) is 55.6 Å². The van der Waals surface area contributed by atoms with Crippen LogP contribution in [0.4, 0.5) is 5.69 Å². The van der Waals surface area contributed by atoms with Crippen LogP contribution in [0.1, 0.15) is 51.5 Å². The molecule has 1 N–H and O–H groups in total. The molecule has 1 aromatic heterocycles. The van der Waals surface area contributed by atoms with Crippen LogP contribution in [0, 0.1) is 5.92 Å². The number of thioether (sulfide) groups is 1. The summed E-state index contributed by atoms with van der Waals surface area (Å²) < 4.78 is 0. The number of rotatable bonds is 3. The Bertz CT molecular complexity index is 909.